The highest BCUT2D eigenvalue weighted by Gasteiger charge is 2.25. The summed E-state index contributed by atoms with van der Waals surface area (Å²) in [6.45, 7) is 2.06. The lowest BCUT2D eigenvalue weighted by Crippen LogP contribution is -2.45. The number of carbonyl (C=O) groups excluding carboxylic acids is 2. The number of carbonyl (C=O) groups is 2. The van der Waals surface area contributed by atoms with Crippen LogP contribution in [0.1, 0.15) is 32.6 Å². The van der Waals surface area contributed by atoms with Crippen LogP contribution in [0.15, 0.2) is 18.2 Å². The number of nitrogens with one attached hydrogen (secondary N) is 2. The number of hydrogen-bond acceptors (Lipinski definition) is 2. The van der Waals surface area contributed by atoms with Crippen molar-refractivity contribution in [3.8, 4) is 0 Å². The first-order valence-electron chi connectivity index (χ1n) is 7.04. The molecule has 114 valence electrons. The fourth-order valence-corrected chi connectivity index (χ4v) is 2.69. The van der Waals surface area contributed by atoms with Crippen molar-refractivity contribution in [3.05, 3.63) is 29.0 Å². The van der Waals surface area contributed by atoms with E-state index in [1.54, 1.807) is 0 Å². The number of benzene rings is 1. The second-order valence-corrected chi connectivity index (χ2v) is 5.86. The van der Waals surface area contributed by atoms with Gasteiger partial charge in [-0.05, 0) is 37.0 Å². The van der Waals surface area contributed by atoms with Crippen LogP contribution in [-0.2, 0) is 9.59 Å². The monoisotopic (exact) mass is 312 g/mol. The van der Waals surface area contributed by atoms with Crippen LogP contribution in [0.3, 0.4) is 0 Å². The van der Waals surface area contributed by atoms with E-state index in [1.807, 2.05) is 0 Å². The third-order valence-electron chi connectivity index (χ3n) is 3.81. The van der Waals surface area contributed by atoms with Crippen molar-refractivity contribution in [1.82, 2.24) is 5.32 Å². The predicted octanol–water partition coefficient (Wildman–Crippen LogP) is 3.11. The summed E-state index contributed by atoms with van der Waals surface area (Å²) in [7, 11) is 0. The average molecular weight is 313 g/mol. The summed E-state index contributed by atoms with van der Waals surface area (Å²) in [6, 6.07) is 3.86. The Labute approximate surface area is 128 Å². The molecule has 2 atom stereocenters. The van der Waals surface area contributed by atoms with E-state index in [4.69, 9.17) is 11.6 Å². The number of hydrogen-bond donors (Lipinski definition) is 2. The average Bonchev–Trinajstić information content (AvgIpc) is 2.44. The van der Waals surface area contributed by atoms with Gasteiger partial charge in [0.25, 0.3) is 0 Å². The Hall–Kier alpha value is -1.62. The van der Waals surface area contributed by atoms with E-state index in [2.05, 4.69) is 17.6 Å². The van der Waals surface area contributed by atoms with Crippen LogP contribution in [0.2, 0.25) is 5.02 Å². The van der Waals surface area contributed by atoms with E-state index in [-0.39, 0.29) is 16.8 Å². The zero-order valence-electron chi connectivity index (χ0n) is 11.8. The highest BCUT2D eigenvalue weighted by molar-refractivity contribution is 6.39. The zero-order chi connectivity index (χ0) is 15.4. The van der Waals surface area contributed by atoms with Crippen molar-refractivity contribution in [1.29, 1.82) is 0 Å². The van der Waals surface area contributed by atoms with Crippen LogP contribution in [0.25, 0.3) is 0 Å². The summed E-state index contributed by atoms with van der Waals surface area (Å²) in [5, 5.41) is 5.20. The molecule has 2 N–H and O–H groups in total. The van der Waals surface area contributed by atoms with Gasteiger partial charge in [-0.2, -0.15) is 0 Å². The second-order valence-electron chi connectivity index (χ2n) is 5.42. The van der Waals surface area contributed by atoms with Crippen molar-refractivity contribution < 1.29 is 14.0 Å². The molecule has 0 spiro atoms. The van der Waals surface area contributed by atoms with E-state index in [0.717, 1.165) is 31.7 Å². The molecule has 1 aliphatic rings. The molecule has 2 rings (SSSR count). The molecule has 1 fully saturated rings. The number of amides is 2. The molecule has 6 heteroatoms. The number of rotatable bonds is 2. The van der Waals surface area contributed by atoms with Crippen molar-refractivity contribution >= 4 is 29.1 Å². The Kier molecular flexibility index (Phi) is 5.17. The second kappa shape index (κ2) is 6.89. The van der Waals surface area contributed by atoms with E-state index in [0.29, 0.717) is 5.92 Å². The Balaban J connectivity index is 1.94. The van der Waals surface area contributed by atoms with Crippen molar-refractivity contribution in [2.75, 3.05) is 5.32 Å². The van der Waals surface area contributed by atoms with Crippen LogP contribution in [0, 0.1) is 11.7 Å². The first-order chi connectivity index (χ1) is 9.97. The minimum absolute atomic E-state index is 0.00654. The van der Waals surface area contributed by atoms with Crippen LogP contribution >= 0.6 is 11.6 Å². The smallest absolute Gasteiger partial charge is 0.313 e. The standard InChI is InChI=1S/C15H18ClFN2O2/c1-9-4-2-3-5-12(9)18-14(20)15(21)19-13-7-6-10(16)8-11(13)17/h6-9,12H,2-5H2,1H3,(H,18,20)(H,19,21)/t9-,12+/m0/s1. The summed E-state index contributed by atoms with van der Waals surface area (Å²) < 4.78 is 13.6. The first kappa shape index (κ1) is 15.8. The lowest BCUT2D eigenvalue weighted by atomic mass is 9.86. The van der Waals surface area contributed by atoms with Crippen LogP contribution in [0.5, 0.6) is 0 Å². The molecule has 0 heterocycles. The molecule has 0 aliphatic heterocycles. The quantitative estimate of drug-likeness (QED) is 0.824. The third-order valence-corrected chi connectivity index (χ3v) is 4.05. The molecule has 1 aliphatic carbocycles. The molecule has 0 unspecified atom stereocenters. The summed E-state index contributed by atoms with van der Waals surface area (Å²) in [6.07, 6.45) is 4.10. The normalized spacial score (nSPS) is 21.7. The maximum absolute atomic E-state index is 13.6. The lowest BCUT2D eigenvalue weighted by Gasteiger charge is -2.29. The van der Waals surface area contributed by atoms with Gasteiger partial charge in [0.1, 0.15) is 5.82 Å². The van der Waals surface area contributed by atoms with Crippen LogP contribution in [0.4, 0.5) is 10.1 Å². The molecule has 1 aromatic carbocycles. The minimum atomic E-state index is -0.867. The molecule has 1 saturated carbocycles. The maximum atomic E-state index is 13.6. The van der Waals surface area contributed by atoms with E-state index < -0.39 is 17.6 Å². The van der Waals surface area contributed by atoms with E-state index >= 15 is 0 Å². The van der Waals surface area contributed by atoms with Gasteiger partial charge in [0.2, 0.25) is 0 Å². The third kappa shape index (κ3) is 4.17. The highest BCUT2D eigenvalue weighted by Crippen LogP contribution is 2.23. The molecule has 0 bridgehead atoms. The van der Waals surface area contributed by atoms with Crippen molar-refractivity contribution in [3.63, 3.8) is 0 Å². The molecule has 21 heavy (non-hydrogen) atoms. The highest BCUT2D eigenvalue weighted by atomic mass is 35.5. The van der Waals surface area contributed by atoms with Gasteiger partial charge in [0.15, 0.2) is 0 Å². The SMILES string of the molecule is C[C@H]1CCCC[C@H]1NC(=O)C(=O)Nc1ccc(Cl)cc1F. The van der Waals surface area contributed by atoms with Crippen molar-refractivity contribution in [2.24, 2.45) is 5.92 Å². The van der Waals surface area contributed by atoms with Gasteiger partial charge in [0, 0.05) is 11.1 Å². The van der Waals surface area contributed by atoms with Crippen LogP contribution < -0.4 is 10.6 Å². The molecule has 2 amide bonds. The van der Waals surface area contributed by atoms with Gasteiger partial charge < -0.3 is 10.6 Å². The number of anilines is 1. The maximum Gasteiger partial charge on any atom is 0.313 e. The Morgan fingerprint density at radius 2 is 1.95 bits per heavy atom. The lowest BCUT2D eigenvalue weighted by molar-refractivity contribution is -0.137. The van der Waals surface area contributed by atoms with E-state index in [9.17, 15) is 14.0 Å². The van der Waals surface area contributed by atoms with Gasteiger partial charge in [-0.3, -0.25) is 9.59 Å². The summed E-state index contributed by atoms with van der Waals surface area (Å²) in [4.78, 5) is 23.7. The molecule has 0 radical (unpaired) electrons. The molecular formula is C15H18ClFN2O2. The Morgan fingerprint density at radius 3 is 2.62 bits per heavy atom. The zero-order valence-corrected chi connectivity index (χ0v) is 12.5. The Bertz CT molecular complexity index is 550. The fourth-order valence-electron chi connectivity index (χ4n) is 2.53. The van der Waals surface area contributed by atoms with E-state index in [1.165, 1.54) is 12.1 Å². The molecule has 1 aromatic rings. The predicted molar refractivity (Wildman–Crippen MR) is 79.6 cm³/mol. The Morgan fingerprint density at radius 1 is 1.24 bits per heavy atom. The summed E-state index contributed by atoms with van der Waals surface area (Å²) in [5.41, 5.74) is -0.0590. The number of halogens is 2. The van der Waals surface area contributed by atoms with Gasteiger partial charge >= 0.3 is 11.8 Å². The molecule has 0 aromatic heterocycles. The van der Waals surface area contributed by atoms with Gasteiger partial charge in [-0.25, -0.2) is 4.39 Å². The molecule has 4 nitrogen and oxygen atoms in total. The topological polar surface area (TPSA) is 58.2 Å². The van der Waals surface area contributed by atoms with Gasteiger partial charge in [-0.15, -0.1) is 0 Å². The molecular weight excluding hydrogens is 295 g/mol. The van der Waals surface area contributed by atoms with Crippen LogP contribution in [-0.4, -0.2) is 17.9 Å². The fraction of sp³-hybridized carbons (Fsp3) is 0.467. The first-order valence-corrected chi connectivity index (χ1v) is 7.42. The van der Waals surface area contributed by atoms with Gasteiger partial charge in [-0.1, -0.05) is 31.4 Å². The molecule has 0 saturated heterocycles. The summed E-state index contributed by atoms with van der Waals surface area (Å²) in [5.74, 6) is -1.92. The largest absolute Gasteiger partial charge is 0.345 e. The van der Waals surface area contributed by atoms with Crippen molar-refractivity contribution in [2.45, 2.75) is 38.6 Å². The summed E-state index contributed by atoms with van der Waals surface area (Å²) >= 11 is 5.63. The van der Waals surface area contributed by atoms with Gasteiger partial charge in [0.05, 0.1) is 5.69 Å². The minimum Gasteiger partial charge on any atom is -0.345 e.